The summed E-state index contributed by atoms with van der Waals surface area (Å²) < 4.78 is 21.1. The standard InChI is InChI=1S/C14H23NO2S/c1-8(2)11-6-12(9(3)4)14(18(16)17)13(7-11)10(5)15/h6-10H,15H2,1-5H3,(H,16,17). The van der Waals surface area contributed by atoms with Crippen molar-refractivity contribution in [2.24, 2.45) is 5.73 Å². The van der Waals surface area contributed by atoms with Crippen molar-refractivity contribution in [3.05, 3.63) is 28.8 Å². The molecule has 0 saturated heterocycles. The number of nitrogens with two attached hydrogens (primary N) is 1. The van der Waals surface area contributed by atoms with Crippen LogP contribution >= 0.6 is 0 Å². The van der Waals surface area contributed by atoms with Gasteiger partial charge in [0.2, 0.25) is 0 Å². The summed E-state index contributed by atoms with van der Waals surface area (Å²) in [6.07, 6.45) is 0. The Balaban J connectivity index is 3.60. The van der Waals surface area contributed by atoms with Gasteiger partial charge in [0, 0.05) is 6.04 Å². The van der Waals surface area contributed by atoms with Crippen molar-refractivity contribution in [2.45, 2.75) is 57.4 Å². The van der Waals surface area contributed by atoms with Gasteiger partial charge >= 0.3 is 0 Å². The number of rotatable bonds is 4. The van der Waals surface area contributed by atoms with E-state index in [2.05, 4.69) is 13.8 Å². The molecule has 0 aliphatic rings. The molecule has 0 amide bonds. The van der Waals surface area contributed by atoms with Gasteiger partial charge in [0.05, 0.1) is 4.90 Å². The minimum absolute atomic E-state index is 0.201. The molecule has 0 spiro atoms. The van der Waals surface area contributed by atoms with Gasteiger partial charge in [-0.3, -0.25) is 0 Å². The Morgan fingerprint density at radius 3 is 1.89 bits per heavy atom. The minimum Gasteiger partial charge on any atom is -0.324 e. The molecule has 0 fully saturated rings. The van der Waals surface area contributed by atoms with Crippen LogP contribution in [0.1, 0.15) is 69.2 Å². The Bertz CT molecular complexity index is 424. The maximum Gasteiger partial charge on any atom is 0.187 e. The highest BCUT2D eigenvalue weighted by Crippen LogP contribution is 2.32. The van der Waals surface area contributed by atoms with Gasteiger partial charge in [-0.1, -0.05) is 39.8 Å². The smallest absolute Gasteiger partial charge is 0.187 e. The van der Waals surface area contributed by atoms with Crippen molar-refractivity contribution in [1.29, 1.82) is 0 Å². The molecule has 0 heterocycles. The third kappa shape index (κ3) is 3.19. The Morgan fingerprint density at radius 2 is 1.56 bits per heavy atom. The van der Waals surface area contributed by atoms with Crippen molar-refractivity contribution in [3.63, 3.8) is 0 Å². The zero-order chi connectivity index (χ0) is 14.0. The SMILES string of the molecule is CC(C)c1cc(C(C)C)c(S(=O)O)c(C(C)N)c1. The zero-order valence-corrected chi connectivity index (χ0v) is 12.5. The molecule has 1 rings (SSSR count). The molecule has 3 N–H and O–H groups in total. The van der Waals surface area contributed by atoms with Crippen molar-refractivity contribution >= 4 is 11.1 Å². The first-order chi connectivity index (χ1) is 8.25. The molecule has 0 aromatic heterocycles. The maximum atomic E-state index is 11.6. The van der Waals surface area contributed by atoms with Crippen molar-refractivity contribution in [2.75, 3.05) is 0 Å². The summed E-state index contributed by atoms with van der Waals surface area (Å²) in [4.78, 5) is 0.490. The third-order valence-electron chi connectivity index (χ3n) is 3.12. The second-order valence-electron chi connectivity index (χ2n) is 5.38. The van der Waals surface area contributed by atoms with E-state index in [1.807, 2.05) is 32.9 Å². The van der Waals surface area contributed by atoms with Gasteiger partial charge in [0.25, 0.3) is 0 Å². The summed E-state index contributed by atoms with van der Waals surface area (Å²) in [6, 6.07) is 3.75. The van der Waals surface area contributed by atoms with Crippen LogP contribution in [0.3, 0.4) is 0 Å². The molecule has 0 bridgehead atoms. The fraction of sp³-hybridized carbons (Fsp3) is 0.571. The molecular formula is C14H23NO2S. The predicted molar refractivity (Wildman–Crippen MR) is 76.3 cm³/mol. The van der Waals surface area contributed by atoms with Crippen LogP contribution in [0.25, 0.3) is 0 Å². The number of benzene rings is 1. The van der Waals surface area contributed by atoms with E-state index in [1.54, 1.807) is 0 Å². The van der Waals surface area contributed by atoms with Crippen LogP contribution in [0.2, 0.25) is 0 Å². The average Bonchev–Trinajstić information content (AvgIpc) is 2.26. The Kier molecular flexibility index (Phi) is 5.08. The topological polar surface area (TPSA) is 63.3 Å². The molecule has 1 aromatic carbocycles. The van der Waals surface area contributed by atoms with Crippen LogP contribution in [-0.2, 0) is 11.1 Å². The highest BCUT2D eigenvalue weighted by Gasteiger charge is 2.20. The van der Waals surface area contributed by atoms with Gasteiger partial charge < -0.3 is 10.3 Å². The Hall–Kier alpha value is -0.710. The predicted octanol–water partition coefficient (Wildman–Crippen LogP) is 3.53. The molecule has 2 atom stereocenters. The molecular weight excluding hydrogens is 246 g/mol. The molecule has 4 heteroatoms. The number of hydrogen-bond donors (Lipinski definition) is 2. The quantitative estimate of drug-likeness (QED) is 0.822. The summed E-state index contributed by atoms with van der Waals surface area (Å²) in [5.41, 5.74) is 8.82. The summed E-state index contributed by atoms with van der Waals surface area (Å²) in [7, 11) is 0. The van der Waals surface area contributed by atoms with Crippen molar-refractivity contribution < 1.29 is 8.76 Å². The van der Waals surface area contributed by atoms with E-state index >= 15 is 0 Å². The van der Waals surface area contributed by atoms with Crippen LogP contribution < -0.4 is 5.73 Å². The normalized spacial score (nSPS) is 15.2. The van der Waals surface area contributed by atoms with Gasteiger partial charge in [-0.25, -0.2) is 4.21 Å². The van der Waals surface area contributed by atoms with Crippen LogP contribution in [0.15, 0.2) is 17.0 Å². The summed E-state index contributed by atoms with van der Waals surface area (Å²) in [5, 5.41) is 0. The largest absolute Gasteiger partial charge is 0.324 e. The summed E-state index contributed by atoms with van der Waals surface area (Å²) in [6.45, 7) is 10.1. The van der Waals surface area contributed by atoms with Crippen LogP contribution in [0, 0.1) is 0 Å². The van der Waals surface area contributed by atoms with E-state index in [0.29, 0.717) is 10.8 Å². The molecule has 102 valence electrons. The molecule has 0 radical (unpaired) electrons. The molecule has 0 aliphatic carbocycles. The van der Waals surface area contributed by atoms with Crippen LogP contribution in [-0.4, -0.2) is 8.76 Å². The summed E-state index contributed by atoms with van der Waals surface area (Å²) >= 11 is -1.99. The van der Waals surface area contributed by atoms with Crippen LogP contribution in [0.5, 0.6) is 0 Å². The molecule has 0 aliphatic heterocycles. The first kappa shape index (κ1) is 15.3. The summed E-state index contributed by atoms with van der Waals surface area (Å²) in [5.74, 6) is 0.577. The lowest BCUT2D eigenvalue weighted by Gasteiger charge is -2.20. The van der Waals surface area contributed by atoms with E-state index in [-0.39, 0.29) is 12.0 Å². The first-order valence-electron chi connectivity index (χ1n) is 6.29. The van der Waals surface area contributed by atoms with E-state index in [0.717, 1.165) is 11.1 Å². The van der Waals surface area contributed by atoms with Gasteiger partial charge in [0.1, 0.15) is 0 Å². The fourth-order valence-corrected chi connectivity index (χ4v) is 2.94. The molecule has 3 nitrogen and oxygen atoms in total. The number of hydrogen-bond acceptors (Lipinski definition) is 2. The molecule has 1 aromatic rings. The van der Waals surface area contributed by atoms with E-state index in [9.17, 15) is 8.76 Å². The molecule has 18 heavy (non-hydrogen) atoms. The lowest BCUT2D eigenvalue weighted by atomic mass is 9.91. The highest BCUT2D eigenvalue weighted by atomic mass is 32.2. The van der Waals surface area contributed by atoms with E-state index < -0.39 is 11.1 Å². The van der Waals surface area contributed by atoms with Crippen molar-refractivity contribution in [3.8, 4) is 0 Å². The monoisotopic (exact) mass is 269 g/mol. The Labute approximate surface area is 112 Å². The average molecular weight is 269 g/mol. The fourth-order valence-electron chi connectivity index (χ4n) is 2.00. The van der Waals surface area contributed by atoms with E-state index in [1.165, 1.54) is 5.56 Å². The van der Waals surface area contributed by atoms with Gasteiger partial charge in [0.15, 0.2) is 11.1 Å². The first-order valence-corrected chi connectivity index (χ1v) is 7.40. The van der Waals surface area contributed by atoms with Gasteiger partial charge in [-0.05, 0) is 35.4 Å². The molecule has 2 unspecified atom stereocenters. The lowest BCUT2D eigenvalue weighted by Crippen LogP contribution is -2.13. The maximum absolute atomic E-state index is 11.6. The van der Waals surface area contributed by atoms with Crippen LogP contribution in [0.4, 0.5) is 0 Å². The second-order valence-corrected chi connectivity index (χ2v) is 6.28. The van der Waals surface area contributed by atoms with Gasteiger partial charge in [-0.2, -0.15) is 0 Å². The lowest BCUT2D eigenvalue weighted by molar-refractivity contribution is 0.558. The second kappa shape index (κ2) is 5.95. The minimum atomic E-state index is -1.99. The molecule has 0 saturated carbocycles. The Morgan fingerprint density at radius 1 is 1.06 bits per heavy atom. The zero-order valence-electron chi connectivity index (χ0n) is 11.7. The van der Waals surface area contributed by atoms with E-state index in [4.69, 9.17) is 5.73 Å². The van der Waals surface area contributed by atoms with Crippen molar-refractivity contribution in [1.82, 2.24) is 0 Å². The highest BCUT2D eigenvalue weighted by molar-refractivity contribution is 7.79. The third-order valence-corrected chi connectivity index (χ3v) is 3.94. The van der Waals surface area contributed by atoms with Gasteiger partial charge in [-0.15, -0.1) is 0 Å².